The summed E-state index contributed by atoms with van der Waals surface area (Å²) in [6, 6.07) is 7.04. The summed E-state index contributed by atoms with van der Waals surface area (Å²) in [5, 5.41) is 21.4. The van der Waals surface area contributed by atoms with E-state index < -0.39 is 36.4 Å². The molecule has 4 rings (SSSR count). The molecule has 0 aliphatic carbocycles. The van der Waals surface area contributed by atoms with E-state index >= 15 is 0 Å². The maximum absolute atomic E-state index is 10.6. The molecule has 0 amide bonds. The van der Waals surface area contributed by atoms with Gasteiger partial charge in [-0.25, -0.2) is 14.4 Å². The lowest BCUT2D eigenvalue weighted by molar-refractivity contribution is -0.193. The molecule has 0 radical (unpaired) electrons. The summed E-state index contributed by atoms with van der Waals surface area (Å²) in [4.78, 5) is 36.6. The summed E-state index contributed by atoms with van der Waals surface area (Å²) < 4.78 is 107. The van der Waals surface area contributed by atoms with Gasteiger partial charge in [-0.15, -0.1) is 0 Å². The van der Waals surface area contributed by atoms with Gasteiger partial charge in [-0.05, 0) is 44.9 Å². The van der Waals surface area contributed by atoms with E-state index in [-0.39, 0.29) is 0 Å². The van der Waals surface area contributed by atoms with Crippen molar-refractivity contribution in [3.05, 3.63) is 29.6 Å². The lowest BCUT2D eigenvalue weighted by Gasteiger charge is -2.35. The number of carbonyl (C=O) groups is 3. The average Bonchev–Trinajstić information content (AvgIpc) is 3.24. The zero-order valence-corrected chi connectivity index (χ0v) is 24.4. The number of carboxylic acid groups (broad SMARTS) is 3. The first-order chi connectivity index (χ1) is 21.1. The van der Waals surface area contributed by atoms with Crippen LogP contribution in [0.5, 0.6) is 0 Å². The molecule has 3 fully saturated rings. The van der Waals surface area contributed by atoms with Crippen LogP contribution in [0.3, 0.4) is 0 Å². The molecule has 0 saturated carbocycles. The van der Waals surface area contributed by atoms with E-state index in [0.29, 0.717) is 11.5 Å². The Morgan fingerprint density at radius 1 is 0.826 bits per heavy atom. The zero-order valence-electron chi connectivity index (χ0n) is 24.4. The van der Waals surface area contributed by atoms with Crippen molar-refractivity contribution in [1.82, 2.24) is 14.8 Å². The fourth-order valence-electron chi connectivity index (χ4n) is 4.71. The van der Waals surface area contributed by atoms with E-state index in [1.54, 1.807) is 0 Å². The Morgan fingerprint density at radius 2 is 1.33 bits per heavy atom. The van der Waals surface area contributed by atoms with Crippen molar-refractivity contribution < 1.29 is 78.7 Å². The third-order valence-electron chi connectivity index (χ3n) is 6.75. The molecular formula is C26H34F9N3O8. The summed E-state index contributed by atoms with van der Waals surface area (Å²) in [5.74, 6) is -8.27. The van der Waals surface area contributed by atoms with Gasteiger partial charge in [0.1, 0.15) is 0 Å². The van der Waals surface area contributed by atoms with Crippen molar-refractivity contribution in [1.29, 1.82) is 0 Å². The quantitative estimate of drug-likeness (QED) is 0.396. The molecule has 20 heteroatoms. The molecule has 3 saturated heterocycles. The highest BCUT2D eigenvalue weighted by Gasteiger charge is 2.43. The molecule has 11 nitrogen and oxygen atoms in total. The second-order valence-corrected chi connectivity index (χ2v) is 10.5. The van der Waals surface area contributed by atoms with Crippen LogP contribution in [0.15, 0.2) is 18.2 Å². The smallest absolute Gasteiger partial charge is 0.475 e. The average molecular weight is 688 g/mol. The normalized spacial score (nSPS) is 21.4. The van der Waals surface area contributed by atoms with Crippen molar-refractivity contribution >= 4 is 17.9 Å². The number of ether oxygens (including phenoxy) is 2. The molecule has 1 aromatic rings. The maximum Gasteiger partial charge on any atom is 0.490 e. The Balaban J connectivity index is 0.000000413. The zero-order chi connectivity index (χ0) is 35.3. The number of alkyl halides is 9. The van der Waals surface area contributed by atoms with Crippen LogP contribution in [-0.4, -0.2) is 125 Å². The van der Waals surface area contributed by atoms with Crippen molar-refractivity contribution in [2.75, 3.05) is 52.6 Å². The molecule has 46 heavy (non-hydrogen) atoms. The maximum atomic E-state index is 10.6. The monoisotopic (exact) mass is 687 g/mol. The van der Waals surface area contributed by atoms with E-state index in [1.807, 2.05) is 0 Å². The van der Waals surface area contributed by atoms with Crippen LogP contribution in [-0.2, 0) is 30.4 Å². The lowest BCUT2D eigenvalue weighted by atomic mass is 9.87. The van der Waals surface area contributed by atoms with Gasteiger partial charge in [0.05, 0.1) is 18.9 Å². The van der Waals surface area contributed by atoms with Gasteiger partial charge in [-0.3, -0.25) is 14.8 Å². The molecule has 264 valence electrons. The number of likely N-dealkylation sites (tertiary alicyclic amines) is 1. The van der Waals surface area contributed by atoms with Gasteiger partial charge in [0.15, 0.2) is 0 Å². The predicted molar refractivity (Wildman–Crippen MR) is 139 cm³/mol. The van der Waals surface area contributed by atoms with Gasteiger partial charge in [0.25, 0.3) is 0 Å². The first kappa shape index (κ1) is 40.8. The minimum absolute atomic E-state index is 0.290. The fourth-order valence-corrected chi connectivity index (χ4v) is 4.71. The van der Waals surface area contributed by atoms with Gasteiger partial charge in [-0.2, -0.15) is 39.5 Å². The second kappa shape index (κ2) is 17.6. The predicted octanol–water partition coefficient (Wildman–Crippen LogP) is 3.99. The highest BCUT2D eigenvalue weighted by Crippen LogP contribution is 2.36. The summed E-state index contributed by atoms with van der Waals surface area (Å²) in [6.07, 6.45) is -11.6. The molecule has 0 aromatic carbocycles. The number of aliphatic carboxylic acids is 3. The number of halogens is 9. The Labute approximate surface area is 256 Å². The number of hydrogen-bond donors (Lipinski definition) is 3. The first-order valence-electron chi connectivity index (χ1n) is 13.5. The van der Waals surface area contributed by atoms with E-state index in [0.717, 1.165) is 51.8 Å². The number of pyridine rings is 1. The van der Waals surface area contributed by atoms with Gasteiger partial charge >= 0.3 is 36.4 Å². The van der Waals surface area contributed by atoms with E-state index in [9.17, 15) is 39.5 Å². The molecular weight excluding hydrogens is 653 g/mol. The summed E-state index contributed by atoms with van der Waals surface area (Å²) in [5.41, 5.74) is 2.57. The SMILES string of the molecule is Cc1cccc(CN2CCOCC3(CCN(C4CCOCC4)C3)C2)n1.O=C(O)C(F)(F)F.O=C(O)C(F)(F)F.O=C(O)C(F)(F)F. The molecule has 1 spiro atoms. The lowest BCUT2D eigenvalue weighted by Crippen LogP contribution is -2.43. The number of aryl methyl sites for hydroxylation is 1. The fraction of sp³-hybridized carbons (Fsp3) is 0.692. The highest BCUT2D eigenvalue weighted by atomic mass is 19.4. The van der Waals surface area contributed by atoms with Gasteiger partial charge in [0.2, 0.25) is 0 Å². The Hall–Kier alpha value is -3.23. The number of nitrogens with zero attached hydrogens (tertiary/aromatic N) is 3. The number of rotatable bonds is 3. The van der Waals surface area contributed by atoms with Crippen LogP contribution in [0.2, 0.25) is 0 Å². The summed E-state index contributed by atoms with van der Waals surface area (Å²) >= 11 is 0. The van der Waals surface area contributed by atoms with Gasteiger partial charge in [0, 0.05) is 56.5 Å². The van der Waals surface area contributed by atoms with Gasteiger partial charge < -0.3 is 24.8 Å². The van der Waals surface area contributed by atoms with Crippen LogP contribution in [0.4, 0.5) is 39.5 Å². The van der Waals surface area contributed by atoms with Crippen LogP contribution < -0.4 is 0 Å². The van der Waals surface area contributed by atoms with Crippen LogP contribution in [0.1, 0.15) is 30.7 Å². The van der Waals surface area contributed by atoms with Crippen LogP contribution in [0, 0.1) is 12.3 Å². The Bertz CT molecular complexity index is 1070. The second-order valence-electron chi connectivity index (χ2n) is 10.5. The molecule has 3 aliphatic rings. The third kappa shape index (κ3) is 15.4. The standard InChI is InChI=1S/C20H31N3O2.3C2HF3O2/c1-17-3-2-4-18(21-17)13-22-9-12-25-16-20(14-22)7-8-23(15-20)19-5-10-24-11-6-19;3*3-2(4,5)1(6)7/h2-4,19H,5-16H2,1H3;3*(H,6,7). The number of aromatic nitrogens is 1. The highest BCUT2D eigenvalue weighted by molar-refractivity contribution is 5.73. The minimum atomic E-state index is -5.08. The number of carboxylic acids is 3. The van der Waals surface area contributed by atoms with E-state index in [4.69, 9.17) is 44.2 Å². The van der Waals surface area contributed by atoms with E-state index in [1.165, 1.54) is 38.0 Å². The molecule has 4 heterocycles. The minimum Gasteiger partial charge on any atom is -0.475 e. The van der Waals surface area contributed by atoms with Crippen molar-refractivity contribution in [3.8, 4) is 0 Å². The molecule has 3 aliphatic heterocycles. The van der Waals surface area contributed by atoms with Gasteiger partial charge in [-0.1, -0.05) is 6.07 Å². The third-order valence-corrected chi connectivity index (χ3v) is 6.75. The topological polar surface area (TPSA) is 150 Å². The first-order valence-corrected chi connectivity index (χ1v) is 13.5. The van der Waals surface area contributed by atoms with Crippen molar-refractivity contribution in [2.24, 2.45) is 5.41 Å². The summed E-state index contributed by atoms with van der Waals surface area (Å²) in [6.45, 7) is 11.1. The van der Waals surface area contributed by atoms with E-state index in [2.05, 4.69) is 34.9 Å². The summed E-state index contributed by atoms with van der Waals surface area (Å²) in [7, 11) is 0. The van der Waals surface area contributed by atoms with Crippen molar-refractivity contribution in [2.45, 2.75) is 57.3 Å². The molecule has 1 aromatic heterocycles. The van der Waals surface area contributed by atoms with Crippen LogP contribution >= 0.6 is 0 Å². The largest absolute Gasteiger partial charge is 0.490 e. The molecule has 1 atom stereocenters. The Morgan fingerprint density at radius 3 is 1.78 bits per heavy atom. The molecule has 0 bridgehead atoms. The number of hydrogen-bond acceptors (Lipinski definition) is 8. The van der Waals surface area contributed by atoms with Crippen LogP contribution in [0.25, 0.3) is 0 Å². The molecule has 3 N–H and O–H groups in total. The Kier molecular flexibility index (Phi) is 15.6. The van der Waals surface area contributed by atoms with Crippen molar-refractivity contribution in [3.63, 3.8) is 0 Å². The molecule has 1 unspecified atom stereocenters.